The first kappa shape index (κ1) is 17.6. The zero-order valence-corrected chi connectivity index (χ0v) is 14.4. The van der Waals surface area contributed by atoms with Gasteiger partial charge in [0.2, 0.25) is 0 Å². The number of hydrogen-bond donors (Lipinski definition) is 1. The van der Waals surface area contributed by atoms with E-state index in [9.17, 15) is 0 Å². The summed E-state index contributed by atoms with van der Waals surface area (Å²) in [5.74, 6) is 3.27. The Morgan fingerprint density at radius 2 is 1.75 bits per heavy atom. The predicted octanol–water partition coefficient (Wildman–Crippen LogP) is 5.07. The Balaban J connectivity index is 2.55. The van der Waals surface area contributed by atoms with Crippen molar-refractivity contribution in [2.75, 3.05) is 18.1 Å². The largest absolute Gasteiger partial charge is 0.310 e. The van der Waals surface area contributed by atoms with Crippen LogP contribution >= 0.6 is 11.8 Å². The van der Waals surface area contributed by atoms with Crippen LogP contribution in [0.5, 0.6) is 0 Å². The number of thioether (sulfide) groups is 1. The molecule has 2 atom stereocenters. The molecular formula is C18H31NS. The average molecular weight is 294 g/mol. The highest BCUT2D eigenvalue weighted by atomic mass is 32.2. The molecule has 0 fully saturated rings. The Morgan fingerprint density at radius 1 is 1.05 bits per heavy atom. The Bertz CT molecular complexity index is 347. The van der Waals surface area contributed by atoms with Crippen LogP contribution in [0.25, 0.3) is 0 Å². The van der Waals surface area contributed by atoms with Crippen LogP contribution in [-0.2, 0) is 6.42 Å². The third kappa shape index (κ3) is 6.32. The lowest BCUT2D eigenvalue weighted by molar-refractivity contribution is 0.601. The van der Waals surface area contributed by atoms with Gasteiger partial charge in [0.05, 0.1) is 0 Å². The van der Waals surface area contributed by atoms with E-state index in [1.807, 2.05) is 0 Å². The number of rotatable bonds is 10. The van der Waals surface area contributed by atoms with Crippen LogP contribution in [0.2, 0.25) is 0 Å². The summed E-state index contributed by atoms with van der Waals surface area (Å²) in [5.41, 5.74) is 2.89. The molecule has 0 saturated carbocycles. The van der Waals surface area contributed by atoms with Crippen LogP contribution in [0.4, 0.5) is 0 Å². The highest BCUT2D eigenvalue weighted by Gasteiger charge is 2.11. The van der Waals surface area contributed by atoms with Crippen molar-refractivity contribution in [3.05, 3.63) is 35.4 Å². The van der Waals surface area contributed by atoms with Gasteiger partial charge in [-0.2, -0.15) is 11.8 Å². The summed E-state index contributed by atoms with van der Waals surface area (Å²) in [5, 5.41) is 3.62. The molecule has 1 aromatic carbocycles. The minimum atomic E-state index is 0.490. The van der Waals surface area contributed by atoms with Crippen molar-refractivity contribution in [3.63, 3.8) is 0 Å². The van der Waals surface area contributed by atoms with Crippen molar-refractivity contribution in [2.24, 2.45) is 5.92 Å². The molecule has 0 spiro atoms. The third-order valence-corrected chi connectivity index (χ3v) is 5.13. The Kier molecular flexibility index (Phi) is 9.04. The molecular weight excluding hydrogens is 262 g/mol. The molecule has 0 aliphatic rings. The molecule has 0 aliphatic heterocycles. The molecule has 114 valence electrons. The van der Waals surface area contributed by atoms with Crippen LogP contribution in [0.3, 0.4) is 0 Å². The van der Waals surface area contributed by atoms with E-state index in [4.69, 9.17) is 0 Å². The van der Waals surface area contributed by atoms with Gasteiger partial charge < -0.3 is 5.32 Å². The molecule has 0 amide bonds. The molecule has 1 nitrogen and oxygen atoms in total. The maximum absolute atomic E-state index is 3.62. The fourth-order valence-electron chi connectivity index (χ4n) is 2.23. The second kappa shape index (κ2) is 10.3. The van der Waals surface area contributed by atoms with Gasteiger partial charge in [-0.1, -0.05) is 64.8 Å². The molecule has 0 bridgehead atoms. The molecule has 1 rings (SSSR count). The highest BCUT2D eigenvalue weighted by Crippen LogP contribution is 2.21. The summed E-state index contributed by atoms with van der Waals surface area (Å²) >= 11 is 2.08. The molecule has 1 aromatic rings. The molecule has 0 saturated heterocycles. The lowest BCUT2D eigenvalue weighted by atomic mass is 10.0. The van der Waals surface area contributed by atoms with E-state index in [1.54, 1.807) is 0 Å². The molecule has 0 radical (unpaired) electrons. The van der Waals surface area contributed by atoms with Gasteiger partial charge in [-0.3, -0.25) is 0 Å². The van der Waals surface area contributed by atoms with E-state index in [2.05, 4.69) is 69.0 Å². The van der Waals surface area contributed by atoms with Crippen molar-refractivity contribution in [1.29, 1.82) is 0 Å². The first-order chi connectivity index (χ1) is 9.71. The van der Waals surface area contributed by atoms with E-state index < -0.39 is 0 Å². The number of aryl methyl sites for hydroxylation is 1. The summed E-state index contributed by atoms with van der Waals surface area (Å²) in [7, 11) is 0. The van der Waals surface area contributed by atoms with Gasteiger partial charge in [-0.15, -0.1) is 0 Å². The van der Waals surface area contributed by atoms with Crippen LogP contribution in [-0.4, -0.2) is 18.1 Å². The minimum Gasteiger partial charge on any atom is -0.310 e. The standard InChI is InChI=1S/C18H31NS/c1-5-8-16-9-11-17(12-10-16)18(19-7-3)14-20-13-15(4)6-2/h9-12,15,18-19H,5-8,13-14H2,1-4H3. The van der Waals surface area contributed by atoms with E-state index in [0.717, 1.165) is 12.5 Å². The Morgan fingerprint density at radius 3 is 2.30 bits per heavy atom. The quantitative estimate of drug-likeness (QED) is 0.646. The van der Waals surface area contributed by atoms with Crippen LogP contribution in [0.15, 0.2) is 24.3 Å². The fourth-order valence-corrected chi connectivity index (χ4v) is 3.55. The molecule has 0 aliphatic carbocycles. The predicted molar refractivity (Wildman–Crippen MR) is 93.6 cm³/mol. The van der Waals surface area contributed by atoms with Gasteiger partial charge >= 0.3 is 0 Å². The topological polar surface area (TPSA) is 12.0 Å². The Labute approximate surface area is 129 Å². The molecule has 2 heteroatoms. The van der Waals surface area contributed by atoms with Gasteiger partial charge in [0.1, 0.15) is 0 Å². The number of nitrogens with one attached hydrogen (secondary N) is 1. The highest BCUT2D eigenvalue weighted by molar-refractivity contribution is 7.99. The first-order valence-corrected chi connectivity index (χ1v) is 9.26. The van der Waals surface area contributed by atoms with Gasteiger partial charge in [0, 0.05) is 11.8 Å². The lowest BCUT2D eigenvalue weighted by Crippen LogP contribution is -2.23. The molecule has 1 N–H and O–H groups in total. The maximum Gasteiger partial charge on any atom is 0.0411 e. The maximum atomic E-state index is 3.62. The SMILES string of the molecule is CCCc1ccc(C(CSCC(C)CC)NCC)cc1. The fraction of sp³-hybridized carbons (Fsp3) is 0.667. The van der Waals surface area contributed by atoms with Gasteiger partial charge in [-0.25, -0.2) is 0 Å². The van der Waals surface area contributed by atoms with E-state index in [1.165, 1.54) is 41.9 Å². The second-order valence-electron chi connectivity index (χ2n) is 5.65. The zero-order valence-electron chi connectivity index (χ0n) is 13.6. The molecule has 2 unspecified atom stereocenters. The summed E-state index contributed by atoms with van der Waals surface area (Å²) in [6.07, 6.45) is 3.69. The molecule has 20 heavy (non-hydrogen) atoms. The molecule has 0 heterocycles. The number of hydrogen-bond acceptors (Lipinski definition) is 2. The van der Waals surface area contributed by atoms with Gasteiger partial charge in [0.15, 0.2) is 0 Å². The zero-order chi connectivity index (χ0) is 14.8. The van der Waals surface area contributed by atoms with Gasteiger partial charge in [-0.05, 0) is 35.8 Å². The van der Waals surface area contributed by atoms with Crippen LogP contribution in [0.1, 0.15) is 57.7 Å². The molecule has 0 aromatic heterocycles. The van der Waals surface area contributed by atoms with Gasteiger partial charge in [0.25, 0.3) is 0 Å². The van der Waals surface area contributed by atoms with Crippen molar-refractivity contribution >= 4 is 11.8 Å². The summed E-state index contributed by atoms with van der Waals surface area (Å²) in [4.78, 5) is 0. The van der Waals surface area contributed by atoms with Crippen molar-refractivity contribution in [3.8, 4) is 0 Å². The average Bonchev–Trinajstić information content (AvgIpc) is 2.47. The summed E-state index contributed by atoms with van der Waals surface area (Å²) in [6.45, 7) is 10.1. The summed E-state index contributed by atoms with van der Waals surface area (Å²) in [6, 6.07) is 9.69. The van der Waals surface area contributed by atoms with E-state index in [0.29, 0.717) is 6.04 Å². The van der Waals surface area contributed by atoms with Crippen molar-refractivity contribution < 1.29 is 0 Å². The number of benzene rings is 1. The Hall–Kier alpha value is -0.470. The van der Waals surface area contributed by atoms with E-state index >= 15 is 0 Å². The third-order valence-electron chi connectivity index (χ3n) is 3.76. The van der Waals surface area contributed by atoms with E-state index in [-0.39, 0.29) is 0 Å². The monoisotopic (exact) mass is 293 g/mol. The summed E-state index contributed by atoms with van der Waals surface area (Å²) < 4.78 is 0. The van der Waals surface area contributed by atoms with Crippen molar-refractivity contribution in [1.82, 2.24) is 5.32 Å². The smallest absolute Gasteiger partial charge is 0.0411 e. The van der Waals surface area contributed by atoms with Crippen LogP contribution < -0.4 is 5.32 Å². The normalized spacial score (nSPS) is 14.2. The minimum absolute atomic E-state index is 0.490. The lowest BCUT2D eigenvalue weighted by Gasteiger charge is -2.19. The van der Waals surface area contributed by atoms with Crippen LogP contribution in [0, 0.1) is 5.92 Å². The second-order valence-corrected chi connectivity index (χ2v) is 6.73. The van der Waals surface area contributed by atoms with Crippen molar-refractivity contribution in [2.45, 2.75) is 53.0 Å². The first-order valence-electron chi connectivity index (χ1n) is 8.11.